The van der Waals surface area contributed by atoms with Crippen LogP contribution in [0, 0.1) is 11.6 Å². The summed E-state index contributed by atoms with van der Waals surface area (Å²) in [6.45, 7) is 1.01. The lowest BCUT2D eigenvalue weighted by molar-refractivity contribution is -0.139. The number of guanidine groups is 1. The second kappa shape index (κ2) is 6.50. The van der Waals surface area contributed by atoms with E-state index in [0.717, 1.165) is 18.9 Å². The van der Waals surface area contributed by atoms with E-state index >= 15 is 0 Å². The van der Waals surface area contributed by atoms with Gasteiger partial charge in [0.15, 0.2) is 11.5 Å². The van der Waals surface area contributed by atoms with Crippen LogP contribution >= 0.6 is 0 Å². The summed E-state index contributed by atoms with van der Waals surface area (Å²) in [6.07, 6.45) is 1.84. The Kier molecular flexibility index (Phi) is 4.12. The molecule has 2 atom stereocenters. The lowest BCUT2D eigenvalue weighted by Gasteiger charge is -2.46. The topological polar surface area (TPSA) is 77.2 Å². The van der Waals surface area contributed by atoms with Crippen molar-refractivity contribution in [2.45, 2.75) is 30.4 Å². The van der Waals surface area contributed by atoms with Crippen LogP contribution in [0.3, 0.4) is 0 Å². The van der Waals surface area contributed by atoms with Gasteiger partial charge < -0.3 is 15.2 Å². The van der Waals surface area contributed by atoms with Gasteiger partial charge >= 0.3 is 0 Å². The van der Waals surface area contributed by atoms with Crippen LogP contribution in [-0.2, 0) is 15.1 Å². The van der Waals surface area contributed by atoms with E-state index in [-0.39, 0.29) is 18.3 Å². The monoisotopic (exact) mass is 413 g/mol. The fourth-order valence-corrected chi connectivity index (χ4v) is 4.71. The lowest BCUT2D eigenvalue weighted by Crippen LogP contribution is -2.55. The molecule has 3 heterocycles. The maximum atomic E-state index is 13.8. The zero-order chi connectivity index (χ0) is 21.1. The highest BCUT2D eigenvalue weighted by molar-refractivity contribution is 6.07. The minimum Gasteiger partial charge on any atom is -0.484 e. The number of hydrogen-bond donors (Lipinski definition) is 1. The number of nitrogens with two attached hydrogens (primary N) is 1. The molecule has 156 valence electrons. The molecule has 1 fully saturated rings. The summed E-state index contributed by atoms with van der Waals surface area (Å²) in [5.41, 5.74) is 5.55. The van der Waals surface area contributed by atoms with Crippen LogP contribution < -0.4 is 10.5 Å². The molecule has 5 rings (SSSR count). The Morgan fingerprint density at radius 2 is 1.90 bits per heavy atom. The SMILES string of the molecule is CN1C(=O)C2(CC3(CCCOC3)Oc3ccc(-c4cc(F)cc(F)c4)cc32)N=C1N. The van der Waals surface area contributed by atoms with E-state index in [1.54, 1.807) is 25.2 Å². The second-order valence-corrected chi connectivity index (χ2v) is 8.18. The van der Waals surface area contributed by atoms with Gasteiger partial charge in [0.2, 0.25) is 0 Å². The maximum absolute atomic E-state index is 13.8. The molecule has 0 radical (unpaired) electrons. The van der Waals surface area contributed by atoms with Gasteiger partial charge in [-0.25, -0.2) is 13.8 Å². The second-order valence-electron chi connectivity index (χ2n) is 8.18. The van der Waals surface area contributed by atoms with Crippen LogP contribution in [0.5, 0.6) is 5.75 Å². The molecule has 8 heteroatoms. The van der Waals surface area contributed by atoms with Crippen molar-refractivity contribution in [3.63, 3.8) is 0 Å². The standard InChI is InChI=1S/C22H21F2N3O3/c1-27-19(28)22(26-20(27)25)11-21(5-2-6-29-12-21)30-18-4-3-13(9-17(18)22)14-7-15(23)10-16(24)8-14/h3-4,7-10H,2,5-6,11-12H2,1H3,(H2,25,26). The van der Waals surface area contributed by atoms with Gasteiger partial charge in [-0.15, -0.1) is 0 Å². The third-order valence-corrected chi connectivity index (χ3v) is 6.12. The Labute approximate surface area is 172 Å². The lowest BCUT2D eigenvalue weighted by atomic mass is 9.74. The zero-order valence-corrected chi connectivity index (χ0v) is 16.5. The average molecular weight is 413 g/mol. The summed E-state index contributed by atoms with van der Waals surface area (Å²) in [5.74, 6) is -0.969. The summed E-state index contributed by atoms with van der Waals surface area (Å²) < 4.78 is 39.6. The molecule has 0 bridgehead atoms. The molecule has 2 N–H and O–H groups in total. The normalized spacial score (nSPS) is 27.9. The Morgan fingerprint density at radius 3 is 2.53 bits per heavy atom. The molecule has 0 aromatic heterocycles. The molecule has 1 amide bonds. The van der Waals surface area contributed by atoms with Gasteiger partial charge in [-0.05, 0) is 48.2 Å². The number of halogens is 2. The number of hydrogen-bond acceptors (Lipinski definition) is 5. The van der Waals surface area contributed by atoms with Crippen molar-refractivity contribution in [3.8, 4) is 16.9 Å². The number of carbonyl (C=O) groups excluding carboxylic acids is 1. The number of likely N-dealkylation sites (N-methyl/N-ethyl adjacent to an activating group) is 1. The largest absolute Gasteiger partial charge is 0.484 e. The van der Waals surface area contributed by atoms with E-state index in [2.05, 4.69) is 4.99 Å². The third-order valence-electron chi connectivity index (χ3n) is 6.12. The van der Waals surface area contributed by atoms with Crippen LogP contribution in [0.15, 0.2) is 41.4 Å². The molecule has 3 aliphatic heterocycles. The van der Waals surface area contributed by atoms with E-state index in [4.69, 9.17) is 15.2 Å². The number of fused-ring (bicyclic) bond motifs is 2. The molecule has 0 saturated carbocycles. The fraction of sp³-hybridized carbons (Fsp3) is 0.364. The first-order valence-electron chi connectivity index (χ1n) is 9.83. The van der Waals surface area contributed by atoms with Gasteiger partial charge in [-0.1, -0.05) is 6.07 Å². The van der Waals surface area contributed by atoms with Crippen molar-refractivity contribution in [1.29, 1.82) is 0 Å². The van der Waals surface area contributed by atoms with Gasteiger partial charge in [0.1, 0.15) is 23.0 Å². The van der Waals surface area contributed by atoms with Crippen molar-refractivity contribution in [2.24, 2.45) is 10.7 Å². The van der Waals surface area contributed by atoms with E-state index in [0.29, 0.717) is 35.7 Å². The summed E-state index contributed by atoms with van der Waals surface area (Å²) >= 11 is 0. The molecule has 0 aliphatic carbocycles. The molecular formula is C22H21F2N3O3. The third kappa shape index (κ3) is 2.78. The zero-order valence-electron chi connectivity index (χ0n) is 16.5. The van der Waals surface area contributed by atoms with Gasteiger partial charge in [0.05, 0.1) is 6.61 Å². The van der Waals surface area contributed by atoms with Crippen molar-refractivity contribution in [3.05, 3.63) is 53.6 Å². The molecule has 3 aliphatic rings. The van der Waals surface area contributed by atoms with Crippen LogP contribution in [0.4, 0.5) is 8.78 Å². The van der Waals surface area contributed by atoms with Gasteiger partial charge in [0.25, 0.3) is 5.91 Å². The van der Waals surface area contributed by atoms with Crippen LogP contribution in [0.25, 0.3) is 11.1 Å². The van der Waals surface area contributed by atoms with Crippen LogP contribution in [0.1, 0.15) is 24.8 Å². The Hall–Kier alpha value is -3.00. The van der Waals surface area contributed by atoms with E-state index in [1.165, 1.54) is 17.0 Å². The van der Waals surface area contributed by atoms with Crippen molar-refractivity contribution in [1.82, 2.24) is 4.90 Å². The summed E-state index contributed by atoms with van der Waals surface area (Å²) in [7, 11) is 1.58. The van der Waals surface area contributed by atoms with E-state index < -0.39 is 22.8 Å². The Balaban J connectivity index is 1.69. The number of aliphatic imine (C=N–C) groups is 1. The number of benzene rings is 2. The van der Waals surface area contributed by atoms with Gasteiger partial charge in [0, 0.05) is 31.7 Å². The molecule has 2 spiro atoms. The van der Waals surface area contributed by atoms with Crippen LogP contribution in [-0.4, -0.2) is 42.6 Å². The minimum atomic E-state index is -1.25. The van der Waals surface area contributed by atoms with E-state index in [1.807, 2.05) is 0 Å². The first-order chi connectivity index (χ1) is 14.3. The predicted molar refractivity (Wildman–Crippen MR) is 106 cm³/mol. The fourth-order valence-electron chi connectivity index (χ4n) is 4.71. The van der Waals surface area contributed by atoms with Gasteiger partial charge in [-0.2, -0.15) is 0 Å². The summed E-state index contributed by atoms with van der Waals surface area (Å²) in [4.78, 5) is 19.3. The van der Waals surface area contributed by atoms with Crippen molar-refractivity contribution < 1.29 is 23.0 Å². The number of ether oxygens (including phenoxy) is 2. The van der Waals surface area contributed by atoms with Crippen molar-refractivity contribution >= 4 is 11.9 Å². The maximum Gasteiger partial charge on any atom is 0.261 e. The number of rotatable bonds is 1. The summed E-state index contributed by atoms with van der Waals surface area (Å²) in [6, 6.07) is 8.48. The number of amides is 1. The molecule has 1 saturated heterocycles. The van der Waals surface area contributed by atoms with Crippen LogP contribution in [0.2, 0.25) is 0 Å². The highest BCUT2D eigenvalue weighted by Crippen LogP contribution is 2.51. The molecule has 2 aromatic carbocycles. The number of carbonyl (C=O) groups is 1. The van der Waals surface area contributed by atoms with Crippen molar-refractivity contribution in [2.75, 3.05) is 20.3 Å². The first-order valence-corrected chi connectivity index (χ1v) is 9.83. The molecule has 30 heavy (non-hydrogen) atoms. The van der Waals surface area contributed by atoms with E-state index in [9.17, 15) is 13.6 Å². The number of nitrogens with zero attached hydrogens (tertiary/aromatic N) is 2. The molecule has 2 aromatic rings. The first kappa shape index (κ1) is 19.0. The molecule has 2 unspecified atom stereocenters. The highest BCUT2D eigenvalue weighted by atomic mass is 19.1. The Bertz CT molecular complexity index is 1060. The highest BCUT2D eigenvalue weighted by Gasteiger charge is 2.58. The smallest absolute Gasteiger partial charge is 0.261 e. The van der Waals surface area contributed by atoms with Gasteiger partial charge in [-0.3, -0.25) is 9.69 Å². The minimum absolute atomic E-state index is 0.127. The predicted octanol–water partition coefficient (Wildman–Crippen LogP) is 2.95. The molecule has 6 nitrogen and oxygen atoms in total. The quantitative estimate of drug-likeness (QED) is 0.780. The summed E-state index contributed by atoms with van der Waals surface area (Å²) in [5, 5.41) is 0. The Morgan fingerprint density at radius 1 is 1.13 bits per heavy atom. The molecular weight excluding hydrogens is 392 g/mol. The average Bonchev–Trinajstić information content (AvgIpc) is 2.91.